The average Bonchev–Trinajstić information content (AvgIpc) is 3.29. The third-order valence-corrected chi connectivity index (χ3v) is 11.4. The first-order chi connectivity index (χ1) is 31.5. The molecule has 0 saturated heterocycles. The molecule has 0 heterocycles. The molecule has 0 bridgehead atoms. The summed E-state index contributed by atoms with van der Waals surface area (Å²) in [6, 6.07) is 0. The highest BCUT2D eigenvalue weighted by Gasteiger charge is 2.19. The van der Waals surface area contributed by atoms with Crippen molar-refractivity contribution in [3.05, 3.63) is 72.9 Å². The molecule has 0 aromatic heterocycles. The van der Waals surface area contributed by atoms with Crippen LogP contribution >= 0.6 is 0 Å². The van der Waals surface area contributed by atoms with Crippen molar-refractivity contribution in [1.29, 1.82) is 0 Å². The molecule has 0 aliphatic heterocycles. The SMILES string of the molecule is CCCC/C=C\C=C/CCCCCC(=O)OCC(COC(=O)CCCCCCC/C=C\CCCCCCCCCCC)OC(=O)CCC/C=C\C/C=C\C/C=C\CCCCCCCC. The Morgan fingerprint density at radius 2 is 0.641 bits per heavy atom. The topological polar surface area (TPSA) is 78.9 Å². The minimum Gasteiger partial charge on any atom is -0.462 e. The van der Waals surface area contributed by atoms with Crippen LogP contribution in [0.25, 0.3) is 0 Å². The van der Waals surface area contributed by atoms with Gasteiger partial charge in [0.2, 0.25) is 0 Å². The molecule has 0 rings (SSSR count). The first-order valence-electron chi connectivity index (χ1n) is 27.0. The smallest absolute Gasteiger partial charge is 0.306 e. The van der Waals surface area contributed by atoms with Crippen molar-refractivity contribution in [1.82, 2.24) is 0 Å². The van der Waals surface area contributed by atoms with Crippen LogP contribution in [0.15, 0.2) is 72.9 Å². The third-order valence-electron chi connectivity index (χ3n) is 11.4. The minimum absolute atomic E-state index is 0.108. The quantitative estimate of drug-likeness (QED) is 0.0199. The Hall–Kier alpha value is -3.15. The molecule has 0 aliphatic carbocycles. The zero-order valence-corrected chi connectivity index (χ0v) is 42.0. The molecule has 1 unspecified atom stereocenters. The van der Waals surface area contributed by atoms with Gasteiger partial charge in [0.15, 0.2) is 6.10 Å². The standard InChI is InChI=1S/C58H100O6/c1-4-7-10-13-16-19-22-24-26-28-30-31-33-36-39-42-45-48-51-57(60)63-54-55(53-62-56(59)50-47-44-41-38-35-21-18-15-12-9-6-3)64-58(61)52-49-46-43-40-37-34-32-29-27-25-23-20-17-14-11-8-5-2/h15,18,21,25,27,30-32,34-35,40,43,55H,4-14,16-17,19-20,22-24,26,28-29,33,36-39,41-42,44-54H2,1-3H3/b18-15-,27-25-,31-30-,34-32-,35-21-,43-40-. The molecule has 0 aromatic rings. The molecule has 0 fully saturated rings. The molecule has 0 aromatic carbocycles. The van der Waals surface area contributed by atoms with Gasteiger partial charge < -0.3 is 14.2 Å². The molecule has 0 amide bonds. The number of hydrogen-bond acceptors (Lipinski definition) is 6. The average molecular weight is 893 g/mol. The Labute approximate surface area is 395 Å². The van der Waals surface area contributed by atoms with Gasteiger partial charge in [0.25, 0.3) is 0 Å². The fourth-order valence-corrected chi connectivity index (χ4v) is 7.31. The number of allylic oxidation sites excluding steroid dienone is 12. The van der Waals surface area contributed by atoms with Crippen molar-refractivity contribution in [3.8, 4) is 0 Å². The van der Waals surface area contributed by atoms with Crippen LogP contribution in [0.2, 0.25) is 0 Å². The minimum atomic E-state index is -0.815. The van der Waals surface area contributed by atoms with Gasteiger partial charge in [-0.05, 0) is 96.3 Å². The van der Waals surface area contributed by atoms with Crippen LogP contribution in [0, 0.1) is 0 Å². The van der Waals surface area contributed by atoms with E-state index in [1.54, 1.807) is 0 Å². The van der Waals surface area contributed by atoms with Crippen LogP contribution in [-0.2, 0) is 28.6 Å². The van der Waals surface area contributed by atoms with Crippen LogP contribution in [0.4, 0.5) is 0 Å². The van der Waals surface area contributed by atoms with E-state index in [4.69, 9.17) is 14.2 Å². The summed E-state index contributed by atoms with van der Waals surface area (Å²) in [6.07, 6.45) is 66.1. The third kappa shape index (κ3) is 49.9. The number of carbonyl (C=O) groups excluding carboxylic acids is 3. The molecule has 0 N–H and O–H groups in total. The maximum atomic E-state index is 12.8. The lowest BCUT2D eigenvalue weighted by atomic mass is 10.1. The highest BCUT2D eigenvalue weighted by atomic mass is 16.6. The van der Waals surface area contributed by atoms with Crippen molar-refractivity contribution < 1.29 is 28.6 Å². The number of unbranched alkanes of at least 4 members (excludes halogenated alkanes) is 26. The van der Waals surface area contributed by atoms with Gasteiger partial charge in [-0.15, -0.1) is 0 Å². The fourth-order valence-electron chi connectivity index (χ4n) is 7.31. The van der Waals surface area contributed by atoms with E-state index < -0.39 is 6.10 Å². The summed E-state index contributed by atoms with van der Waals surface area (Å²) in [5.41, 5.74) is 0. The van der Waals surface area contributed by atoms with Gasteiger partial charge >= 0.3 is 17.9 Å². The summed E-state index contributed by atoms with van der Waals surface area (Å²) in [5.74, 6) is -0.995. The van der Waals surface area contributed by atoms with E-state index >= 15 is 0 Å². The van der Waals surface area contributed by atoms with Crippen molar-refractivity contribution in [2.24, 2.45) is 0 Å². The van der Waals surface area contributed by atoms with Gasteiger partial charge in [-0.25, -0.2) is 0 Å². The summed E-state index contributed by atoms with van der Waals surface area (Å²) in [5, 5.41) is 0. The Kier molecular flexibility index (Phi) is 49.9. The van der Waals surface area contributed by atoms with E-state index in [1.165, 1.54) is 135 Å². The van der Waals surface area contributed by atoms with E-state index in [0.717, 1.165) is 77.0 Å². The predicted molar refractivity (Wildman–Crippen MR) is 274 cm³/mol. The van der Waals surface area contributed by atoms with Gasteiger partial charge in [-0.2, -0.15) is 0 Å². The molecule has 368 valence electrons. The second kappa shape index (κ2) is 52.5. The van der Waals surface area contributed by atoms with Crippen LogP contribution in [0.5, 0.6) is 0 Å². The van der Waals surface area contributed by atoms with Gasteiger partial charge in [-0.3, -0.25) is 14.4 Å². The van der Waals surface area contributed by atoms with Crippen molar-refractivity contribution >= 4 is 17.9 Å². The number of esters is 3. The molecule has 6 nitrogen and oxygen atoms in total. The molecule has 0 aliphatic rings. The van der Waals surface area contributed by atoms with E-state index in [0.29, 0.717) is 19.3 Å². The predicted octanol–water partition coefficient (Wildman–Crippen LogP) is 17.8. The summed E-state index contributed by atoms with van der Waals surface area (Å²) in [6.45, 7) is 6.51. The zero-order valence-electron chi connectivity index (χ0n) is 42.0. The second-order valence-electron chi connectivity index (χ2n) is 17.8. The zero-order chi connectivity index (χ0) is 46.5. The fraction of sp³-hybridized carbons (Fsp3) is 0.741. The molecule has 0 radical (unpaired) electrons. The van der Waals surface area contributed by atoms with E-state index in [-0.39, 0.29) is 37.5 Å². The Bertz CT molecular complexity index is 1210. The van der Waals surface area contributed by atoms with Gasteiger partial charge in [0, 0.05) is 19.3 Å². The molecular formula is C58H100O6. The van der Waals surface area contributed by atoms with Gasteiger partial charge in [0.05, 0.1) is 0 Å². The lowest BCUT2D eigenvalue weighted by molar-refractivity contribution is -0.167. The summed E-state index contributed by atoms with van der Waals surface area (Å²) in [7, 11) is 0. The second-order valence-corrected chi connectivity index (χ2v) is 17.8. The van der Waals surface area contributed by atoms with Crippen LogP contribution in [0.1, 0.15) is 258 Å². The molecule has 0 spiro atoms. The normalized spacial score (nSPS) is 12.6. The highest BCUT2D eigenvalue weighted by molar-refractivity contribution is 5.71. The lowest BCUT2D eigenvalue weighted by Gasteiger charge is -2.18. The molecule has 64 heavy (non-hydrogen) atoms. The largest absolute Gasteiger partial charge is 0.462 e. The van der Waals surface area contributed by atoms with E-state index in [1.807, 2.05) is 0 Å². The van der Waals surface area contributed by atoms with Crippen molar-refractivity contribution in [3.63, 3.8) is 0 Å². The first-order valence-corrected chi connectivity index (χ1v) is 27.0. The van der Waals surface area contributed by atoms with Crippen LogP contribution < -0.4 is 0 Å². The molecule has 0 saturated carbocycles. The highest BCUT2D eigenvalue weighted by Crippen LogP contribution is 2.14. The van der Waals surface area contributed by atoms with E-state index in [9.17, 15) is 14.4 Å². The summed E-state index contributed by atoms with van der Waals surface area (Å²) in [4.78, 5) is 38.0. The monoisotopic (exact) mass is 893 g/mol. The first kappa shape index (κ1) is 60.9. The van der Waals surface area contributed by atoms with Crippen LogP contribution in [-0.4, -0.2) is 37.2 Å². The van der Waals surface area contributed by atoms with Crippen molar-refractivity contribution in [2.75, 3.05) is 13.2 Å². The van der Waals surface area contributed by atoms with Crippen molar-refractivity contribution in [2.45, 2.75) is 264 Å². The number of hydrogen-bond donors (Lipinski definition) is 0. The molecule has 6 heteroatoms. The summed E-state index contributed by atoms with van der Waals surface area (Å²) < 4.78 is 16.7. The Balaban J connectivity index is 4.46. The Morgan fingerprint density at radius 1 is 0.328 bits per heavy atom. The van der Waals surface area contributed by atoms with E-state index in [2.05, 4.69) is 93.7 Å². The number of ether oxygens (including phenoxy) is 3. The molecular weight excluding hydrogens is 793 g/mol. The maximum absolute atomic E-state index is 12.8. The van der Waals surface area contributed by atoms with Gasteiger partial charge in [0.1, 0.15) is 13.2 Å². The number of carbonyl (C=O) groups is 3. The van der Waals surface area contributed by atoms with Gasteiger partial charge in [-0.1, -0.05) is 216 Å². The number of rotatable bonds is 48. The molecule has 1 atom stereocenters. The summed E-state index contributed by atoms with van der Waals surface area (Å²) >= 11 is 0. The van der Waals surface area contributed by atoms with Crippen LogP contribution in [0.3, 0.4) is 0 Å². The Morgan fingerprint density at radius 3 is 1.09 bits per heavy atom. The lowest BCUT2D eigenvalue weighted by Crippen LogP contribution is -2.30. The maximum Gasteiger partial charge on any atom is 0.306 e.